The van der Waals surface area contributed by atoms with Crippen LogP contribution in [0.4, 0.5) is 0 Å². The number of rotatable bonds is 3. The van der Waals surface area contributed by atoms with Crippen LogP contribution in [0.15, 0.2) is 40.1 Å². The van der Waals surface area contributed by atoms with Crippen LogP contribution in [0.3, 0.4) is 0 Å². The topological polar surface area (TPSA) is 107 Å². The van der Waals surface area contributed by atoms with Crippen LogP contribution in [-0.4, -0.2) is 26.5 Å². The molecule has 0 bridgehead atoms. The van der Waals surface area contributed by atoms with E-state index in [9.17, 15) is 0 Å². The zero-order valence-electron chi connectivity index (χ0n) is 11.7. The predicted octanol–water partition coefficient (Wildman–Crippen LogP) is 1.80. The summed E-state index contributed by atoms with van der Waals surface area (Å²) in [5.74, 6) is -0.0838. The van der Waals surface area contributed by atoms with Gasteiger partial charge < -0.3 is 11.5 Å². The molecule has 22 heavy (non-hydrogen) atoms. The number of hydrogen-bond donors (Lipinski definition) is 2. The van der Waals surface area contributed by atoms with E-state index < -0.39 is 0 Å². The fourth-order valence-electron chi connectivity index (χ4n) is 2.01. The van der Waals surface area contributed by atoms with Crippen LogP contribution in [-0.2, 0) is 0 Å². The Morgan fingerprint density at radius 1 is 1.32 bits per heavy atom. The van der Waals surface area contributed by atoms with E-state index in [-0.39, 0.29) is 18.4 Å². The van der Waals surface area contributed by atoms with Crippen LogP contribution >= 0.6 is 23.7 Å². The van der Waals surface area contributed by atoms with E-state index >= 15 is 0 Å². The standard InChI is InChI=1S/C13H13N7S.ClH/c1-8-7-21-13-18-11(9-2-4-16-5-3-9)10(20(8)13)6-17-19-12(14)15;/h2-7H,1H3,(H4,14,15,19);1H/b17-6+;. The van der Waals surface area contributed by atoms with Crippen molar-refractivity contribution < 1.29 is 0 Å². The van der Waals surface area contributed by atoms with Gasteiger partial charge in [0.25, 0.3) is 0 Å². The third kappa shape index (κ3) is 2.92. The van der Waals surface area contributed by atoms with Gasteiger partial charge in [-0.2, -0.15) is 5.10 Å². The van der Waals surface area contributed by atoms with E-state index in [1.54, 1.807) is 29.9 Å². The van der Waals surface area contributed by atoms with Gasteiger partial charge in [0.15, 0.2) is 4.96 Å². The minimum Gasteiger partial charge on any atom is -0.369 e. The van der Waals surface area contributed by atoms with Crippen molar-refractivity contribution in [2.24, 2.45) is 21.7 Å². The van der Waals surface area contributed by atoms with Gasteiger partial charge in [-0.05, 0) is 19.1 Å². The van der Waals surface area contributed by atoms with Crippen LogP contribution in [0.2, 0.25) is 0 Å². The third-order valence-electron chi connectivity index (χ3n) is 2.88. The molecule has 0 spiro atoms. The van der Waals surface area contributed by atoms with Crippen LogP contribution in [0.1, 0.15) is 11.4 Å². The van der Waals surface area contributed by atoms with Crippen molar-refractivity contribution in [3.05, 3.63) is 41.3 Å². The van der Waals surface area contributed by atoms with Crippen molar-refractivity contribution >= 4 is 40.9 Å². The third-order valence-corrected chi connectivity index (χ3v) is 3.82. The first-order chi connectivity index (χ1) is 10.2. The Balaban J connectivity index is 0.00000176. The molecule has 7 nitrogen and oxygen atoms in total. The molecule has 3 rings (SSSR count). The molecule has 0 atom stereocenters. The summed E-state index contributed by atoms with van der Waals surface area (Å²) in [4.78, 5) is 9.57. The van der Waals surface area contributed by atoms with Gasteiger partial charge in [-0.1, -0.05) is 0 Å². The molecule has 114 valence electrons. The van der Waals surface area contributed by atoms with Crippen molar-refractivity contribution in [3.8, 4) is 11.3 Å². The van der Waals surface area contributed by atoms with Gasteiger partial charge in [-0.15, -0.1) is 28.8 Å². The average Bonchev–Trinajstić information content (AvgIpc) is 3.01. The maximum atomic E-state index is 5.29. The molecular formula is C13H14ClN7S. The van der Waals surface area contributed by atoms with Gasteiger partial charge in [0.05, 0.1) is 17.6 Å². The Labute approximate surface area is 136 Å². The summed E-state index contributed by atoms with van der Waals surface area (Å²) < 4.78 is 2.02. The highest BCUT2D eigenvalue weighted by Crippen LogP contribution is 2.26. The molecule has 9 heteroatoms. The van der Waals surface area contributed by atoms with Gasteiger partial charge in [-0.3, -0.25) is 9.38 Å². The second-order valence-corrected chi connectivity index (χ2v) is 5.18. The number of guanidine groups is 1. The number of halogens is 1. The normalized spacial score (nSPS) is 10.8. The molecule has 0 aliphatic carbocycles. The SMILES string of the molecule is Cc1csc2nc(-c3ccncc3)c(/C=N/N=C(N)N)n12.Cl. The Morgan fingerprint density at radius 3 is 2.73 bits per heavy atom. The fourth-order valence-corrected chi connectivity index (χ4v) is 2.89. The first kappa shape index (κ1) is 15.9. The number of nitrogens with zero attached hydrogens (tertiary/aromatic N) is 5. The summed E-state index contributed by atoms with van der Waals surface area (Å²) in [6.07, 6.45) is 5.06. The maximum absolute atomic E-state index is 5.29. The summed E-state index contributed by atoms with van der Waals surface area (Å²) in [5.41, 5.74) is 14.3. The first-order valence-corrected chi connectivity index (χ1v) is 7.03. The number of pyridine rings is 1. The number of thiazole rings is 1. The van der Waals surface area contributed by atoms with Gasteiger partial charge >= 0.3 is 0 Å². The maximum Gasteiger partial charge on any atom is 0.211 e. The molecule has 0 saturated carbocycles. The lowest BCUT2D eigenvalue weighted by Gasteiger charge is -1.99. The predicted molar refractivity (Wildman–Crippen MR) is 91.7 cm³/mol. The van der Waals surface area contributed by atoms with Crippen molar-refractivity contribution in [1.82, 2.24) is 14.4 Å². The smallest absolute Gasteiger partial charge is 0.211 e. The van der Waals surface area contributed by atoms with Crippen molar-refractivity contribution in [2.75, 3.05) is 0 Å². The van der Waals surface area contributed by atoms with Crippen LogP contribution in [0.5, 0.6) is 0 Å². The monoisotopic (exact) mass is 335 g/mol. The lowest BCUT2D eigenvalue weighted by atomic mass is 10.1. The summed E-state index contributed by atoms with van der Waals surface area (Å²) >= 11 is 1.57. The number of imidazole rings is 1. The zero-order chi connectivity index (χ0) is 14.8. The molecule has 0 fully saturated rings. The highest BCUT2D eigenvalue weighted by Gasteiger charge is 2.15. The molecule has 0 aromatic carbocycles. The molecule has 0 unspecified atom stereocenters. The number of aromatic nitrogens is 3. The van der Waals surface area contributed by atoms with E-state index in [1.807, 2.05) is 28.8 Å². The highest BCUT2D eigenvalue weighted by atomic mass is 35.5. The Morgan fingerprint density at radius 2 is 2.05 bits per heavy atom. The van der Waals surface area contributed by atoms with Gasteiger partial charge in [0.2, 0.25) is 5.96 Å². The number of aryl methyl sites for hydroxylation is 1. The van der Waals surface area contributed by atoms with Gasteiger partial charge in [-0.25, -0.2) is 4.98 Å². The van der Waals surface area contributed by atoms with Gasteiger partial charge in [0, 0.05) is 29.0 Å². The summed E-state index contributed by atoms with van der Waals surface area (Å²) in [7, 11) is 0. The molecular weight excluding hydrogens is 322 g/mol. The Hall–Kier alpha value is -2.45. The van der Waals surface area contributed by atoms with E-state index in [0.29, 0.717) is 0 Å². The first-order valence-electron chi connectivity index (χ1n) is 6.15. The molecule has 0 saturated heterocycles. The average molecular weight is 336 g/mol. The van der Waals surface area contributed by atoms with Crippen molar-refractivity contribution in [3.63, 3.8) is 0 Å². The van der Waals surface area contributed by atoms with Gasteiger partial charge in [0.1, 0.15) is 0 Å². The lowest BCUT2D eigenvalue weighted by molar-refractivity contribution is 1.11. The number of nitrogens with two attached hydrogens (primary N) is 2. The zero-order valence-corrected chi connectivity index (χ0v) is 13.3. The van der Waals surface area contributed by atoms with Crippen molar-refractivity contribution in [1.29, 1.82) is 0 Å². The molecule has 4 N–H and O–H groups in total. The molecule has 3 heterocycles. The Kier molecular flexibility index (Phi) is 4.74. The number of fused-ring (bicyclic) bond motifs is 1. The van der Waals surface area contributed by atoms with Crippen molar-refractivity contribution in [2.45, 2.75) is 6.92 Å². The van der Waals surface area contributed by atoms with Crippen LogP contribution < -0.4 is 11.5 Å². The van der Waals surface area contributed by atoms with E-state index in [4.69, 9.17) is 11.5 Å². The second-order valence-electron chi connectivity index (χ2n) is 4.35. The summed E-state index contributed by atoms with van der Waals surface area (Å²) in [6, 6.07) is 3.80. The van der Waals surface area contributed by atoms with Crippen LogP contribution in [0, 0.1) is 6.92 Å². The van der Waals surface area contributed by atoms with Crippen LogP contribution in [0.25, 0.3) is 16.2 Å². The van der Waals surface area contributed by atoms with E-state index in [1.165, 1.54) is 0 Å². The largest absolute Gasteiger partial charge is 0.369 e. The Bertz CT molecular complexity index is 831. The molecule has 0 aliphatic rings. The molecule has 0 aliphatic heterocycles. The molecule has 3 aromatic heterocycles. The molecule has 0 radical (unpaired) electrons. The summed E-state index contributed by atoms with van der Waals surface area (Å²) in [6.45, 7) is 2.01. The van der Waals surface area contributed by atoms with E-state index in [2.05, 4.69) is 20.2 Å². The minimum absolute atomic E-state index is 0. The second kappa shape index (κ2) is 6.54. The molecule has 0 amide bonds. The lowest BCUT2D eigenvalue weighted by Crippen LogP contribution is -2.21. The minimum atomic E-state index is -0.0838. The van der Waals surface area contributed by atoms with E-state index in [0.717, 1.165) is 27.6 Å². The highest BCUT2D eigenvalue weighted by molar-refractivity contribution is 7.15. The quantitative estimate of drug-likeness (QED) is 0.432. The fraction of sp³-hybridized carbons (Fsp3) is 0.0769. The molecule has 3 aromatic rings. The number of hydrogen-bond acceptors (Lipinski definition) is 5. The summed E-state index contributed by atoms with van der Waals surface area (Å²) in [5, 5.41) is 9.60.